The highest BCUT2D eigenvalue weighted by Gasteiger charge is 2.26. The van der Waals surface area contributed by atoms with E-state index in [2.05, 4.69) is 10.1 Å². The predicted octanol–water partition coefficient (Wildman–Crippen LogP) is 1.47. The van der Waals surface area contributed by atoms with E-state index in [0.717, 1.165) is 0 Å². The summed E-state index contributed by atoms with van der Waals surface area (Å²) in [5.41, 5.74) is 0.863. The Morgan fingerprint density at radius 1 is 1.37 bits per heavy atom. The summed E-state index contributed by atoms with van der Waals surface area (Å²) in [6, 6.07) is 4.48. The largest absolute Gasteiger partial charge is 0.364 e. The Hall–Kier alpha value is -2.50. The minimum Gasteiger partial charge on any atom is -0.364 e. The summed E-state index contributed by atoms with van der Waals surface area (Å²) in [4.78, 5) is 29.2. The van der Waals surface area contributed by atoms with Crippen molar-refractivity contribution in [2.24, 2.45) is 0 Å². The number of hydrogen-bond acceptors (Lipinski definition) is 5. The van der Waals surface area contributed by atoms with Gasteiger partial charge < -0.3 is 9.42 Å². The van der Waals surface area contributed by atoms with Gasteiger partial charge in [0, 0.05) is 31.1 Å². The molecular weight excluding hydrogens is 246 g/mol. The van der Waals surface area contributed by atoms with E-state index in [1.807, 2.05) is 0 Å². The number of pyridine rings is 1. The van der Waals surface area contributed by atoms with Crippen LogP contribution in [0.25, 0.3) is 0 Å². The van der Waals surface area contributed by atoms with E-state index < -0.39 is 11.7 Å². The van der Waals surface area contributed by atoms with E-state index in [9.17, 15) is 9.59 Å². The summed E-state index contributed by atoms with van der Waals surface area (Å²) in [5.74, 6) is -1.20. The first-order valence-electron chi connectivity index (χ1n) is 5.73. The molecule has 2 rings (SSSR count). The number of Topliss-reactive ketones (excluding diaryl/α,β-unsaturated/α-hetero) is 1. The average molecular weight is 259 g/mol. The molecule has 0 aromatic carbocycles. The zero-order valence-corrected chi connectivity index (χ0v) is 10.6. The summed E-state index contributed by atoms with van der Waals surface area (Å²) in [6.07, 6.45) is 4.34. The molecule has 0 radical (unpaired) electrons. The lowest BCUT2D eigenvalue weighted by Gasteiger charge is -2.22. The summed E-state index contributed by atoms with van der Waals surface area (Å²) < 4.78 is 4.73. The number of carbonyl (C=O) groups is 2. The molecule has 0 spiro atoms. The maximum Gasteiger partial charge on any atom is 0.295 e. The third-order valence-corrected chi connectivity index (χ3v) is 2.91. The number of ketones is 1. The summed E-state index contributed by atoms with van der Waals surface area (Å²) in [6.45, 7) is 1.77. The van der Waals surface area contributed by atoms with Crippen molar-refractivity contribution in [1.82, 2.24) is 15.0 Å². The van der Waals surface area contributed by atoms with Crippen molar-refractivity contribution in [2.75, 3.05) is 7.05 Å². The number of rotatable bonds is 4. The average Bonchev–Trinajstić information content (AvgIpc) is 2.99. The van der Waals surface area contributed by atoms with Crippen molar-refractivity contribution >= 4 is 11.7 Å². The van der Waals surface area contributed by atoms with Crippen LogP contribution in [-0.2, 0) is 4.79 Å². The molecule has 1 amide bonds. The Morgan fingerprint density at radius 3 is 2.74 bits per heavy atom. The van der Waals surface area contributed by atoms with Crippen LogP contribution in [0.1, 0.15) is 29.0 Å². The molecule has 6 nitrogen and oxygen atoms in total. The van der Waals surface area contributed by atoms with Crippen LogP contribution in [0.5, 0.6) is 0 Å². The monoisotopic (exact) mass is 259 g/mol. The van der Waals surface area contributed by atoms with Gasteiger partial charge in [0.15, 0.2) is 0 Å². The van der Waals surface area contributed by atoms with Crippen LogP contribution in [0.4, 0.5) is 0 Å². The first kappa shape index (κ1) is 12.9. The highest BCUT2D eigenvalue weighted by molar-refractivity contribution is 6.42. The van der Waals surface area contributed by atoms with Crippen LogP contribution in [0, 0.1) is 0 Å². The molecule has 2 aromatic rings. The number of carbonyl (C=O) groups excluding carboxylic acids is 2. The van der Waals surface area contributed by atoms with E-state index in [1.54, 1.807) is 38.4 Å². The number of likely N-dealkylation sites (N-methyl/N-ethyl adjacent to an activating group) is 1. The smallest absolute Gasteiger partial charge is 0.295 e. The summed E-state index contributed by atoms with van der Waals surface area (Å²) in [7, 11) is 1.55. The highest BCUT2D eigenvalue weighted by atomic mass is 16.5. The van der Waals surface area contributed by atoms with Gasteiger partial charge in [0.2, 0.25) is 0 Å². The van der Waals surface area contributed by atoms with E-state index in [4.69, 9.17) is 4.52 Å². The van der Waals surface area contributed by atoms with Gasteiger partial charge in [-0.3, -0.25) is 14.6 Å². The van der Waals surface area contributed by atoms with Gasteiger partial charge in [0.1, 0.15) is 12.0 Å². The SMILES string of the molecule is C[C@H](c1ccon1)N(C)C(=O)C(=O)c1cccnc1. The topological polar surface area (TPSA) is 76.3 Å². The van der Waals surface area contributed by atoms with Gasteiger partial charge in [-0.2, -0.15) is 0 Å². The van der Waals surface area contributed by atoms with Gasteiger partial charge in [-0.25, -0.2) is 0 Å². The second kappa shape index (κ2) is 5.43. The molecule has 6 heteroatoms. The highest BCUT2D eigenvalue weighted by Crippen LogP contribution is 2.17. The van der Waals surface area contributed by atoms with Crippen molar-refractivity contribution < 1.29 is 14.1 Å². The van der Waals surface area contributed by atoms with Gasteiger partial charge >= 0.3 is 0 Å². The van der Waals surface area contributed by atoms with Crippen molar-refractivity contribution in [1.29, 1.82) is 0 Å². The van der Waals surface area contributed by atoms with Crippen molar-refractivity contribution in [2.45, 2.75) is 13.0 Å². The first-order chi connectivity index (χ1) is 9.11. The van der Waals surface area contributed by atoms with Gasteiger partial charge in [0.05, 0.1) is 6.04 Å². The van der Waals surface area contributed by atoms with Crippen molar-refractivity contribution in [3.8, 4) is 0 Å². The molecule has 0 bridgehead atoms. The Labute approximate surface area is 110 Å². The summed E-state index contributed by atoms with van der Waals surface area (Å²) >= 11 is 0. The molecule has 98 valence electrons. The normalized spacial score (nSPS) is 11.9. The maximum atomic E-state index is 12.1. The summed E-state index contributed by atoms with van der Waals surface area (Å²) in [5, 5.41) is 3.76. The number of hydrogen-bond donors (Lipinski definition) is 0. The van der Waals surface area contributed by atoms with E-state index in [-0.39, 0.29) is 11.6 Å². The minimum absolute atomic E-state index is 0.270. The first-order valence-corrected chi connectivity index (χ1v) is 5.73. The molecule has 1 atom stereocenters. The minimum atomic E-state index is -0.608. The second-order valence-corrected chi connectivity index (χ2v) is 4.09. The van der Waals surface area contributed by atoms with Crippen LogP contribution in [0.2, 0.25) is 0 Å². The van der Waals surface area contributed by atoms with Crippen LogP contribution >= 0.6 is 0 Å². The standard InChI is InChI=1S/C13H13N3O3/c1-9(11-5-7-19-15-11)16(2)13(18)12(17)10-4-3-6-14-8-10/h3-9H,1-2H3/t9-/m1/s1. The van der Waals surface area contributed by atoms with Crippen LogP contribution in [0.3, 0.4) is 0 Å². The molecule has 0 aliphatic heterocycles. The number of aromatic nitrogens is 2. The van der Waals surface area contributed by atoms with Crippen LogP contribution in [-0.4, -0.2) is 33.8 Å². The molecule has 19 heavy (non-hydrogen) atoms. The van der Waals surface area contributed by atoms with Gasteiger partial charge in [0.25, 0.3) is 11.7 Å². The Bertz CT molecular complexity index is 566. The fourth-order valence-corrected chi connectivity index (χ4v) is 1.59. The molecule has 2 heterocycles. The Morgan fingerprint density at radius 2 is 2.16 bits per heavy atom. The van der Waals surface area contributed by atoms with Gasteiger partial charge in [-0.1, -0.05) is 5.16 Å². The molecular formula is C13H13N3O3. The molecule has 0 unspecified atom stereocenters. The third kappa shape index (κ3) is 2.67. The lowest BCUT2D eigenvalue weighted by Crippen LogP contribution is -2.35. The number of nitrogens with zero attached hydrogens (tertiary/aromatic N) is 3. The lowest BCUT2D eigenvalue weighted by molar-refractivity contribution is -0.127. The zero-order valence-electron chi connectivity index (χ0n) is 10.6. The second-order valence-electron chi connectivity index (χ2n) is 4.09. The molecule has 0 fully saturated rings. The lowest BCUT2D eigenvalue weighted by atomic mass is 10.1. The molecule has 0 saturated heterocycles. The Kier molecular flexibility index (Phi) is 3.70. The van der Waals surface area contributed by atoms with Crippen molar-refractivity contribution in [3.05, 3.63) is 48.1 Å². The third-order valence-electron chi connectivity index (χ3n) is 2.91. The van der Waals surface area contributed by atoms with Crippen LogP contribution in [0.15, 0.2) is 41.4 Å². The molecule has 2 aromatic heterocycles. The molecule has 0 aliphatic carbocycles. The van der Waals surface area contributed by atoms with E-state index >= 15 is 0 Å². The van der Waals surface area contributed by atoms with Crippen molar-refractivity contribution in [3.63, 3.8) is 0 Å². The molecule has 0 saturated carbocycles. The van der Waals surface area contributed by atoms with Gasteiger partial charge in [-0.05, 0) is 19.1 Å². The Balaban J connectivity index is 2.14. The number of amides is 1. The van der Waals surface area contributed by atoms with E-state index in [0.29, 0.717) is 5.69 Å². The predicted molar refractivity (Wildman–Crippen MR) is 66.3 cm³/mol. The van der Waals surface area contributed by atoms with Gasteiger partial charge in [-0.15, -0.1) is 0 Å². The molecule has 0 aliphatic rings. The fourth-order valence-electron chi connectivity index (χ4n) is 1.59. The quantitative estimate of drug-likeness (QED) is 0.614. The van der Waals surface area contributed by atoms with E-state index in [1.165, 1.54) is 17.4 Å². The maximum absolute atomic E-state index is 12.1. The van der Waals surface area contributed by atoms with Crippen LogP contribution < -0.4 is 0 Å². The molecule has 0 N–H and O–H groups in total. The zero-order chi connectivity index (χ0) is 13.8. The fraction of sp³-hybridized carbons (Fsp3) is 0.231.